The van der Waals surface area contributed by atoms with E-state index < -0.39 is 5.91 Å². The molecule has 0 fully saturated rings. The summed E-state index contributed by atoms with van der Waals surface area (Å²) in [5.74, 6) is -0.748. The van der Waals surface area contributed by atoms with Gasteiger partial charge in [-0.2, -0.15) is 4.99 Å². The first-order valence-electron chi connectivity index (χ1n) is 5.87. The second-order valence-electron chi connectivity index (χ2n) is 3.96. The lowest BCUT2D eigenvalue weighted by Crippen LogP contribution is -2.12. The van der Waals surface area contributed by atoms with Gasteiger partial charge in [-0.15, -0.1) is 0 Å². The van der Waals surface area contributed by atoms with Crippen LogP contribution in [0.3, 0.4) is 0 Å². The highest BCUT2D eigenvalue weighted by Gasteiger charge is 2.09. The van der Waals surface area contributed by atoms with E-state index in [-0.39, 0.29) is 11.5 Å². The number of aliphatic imine (C=N–C) groups is 1. The molecule has 0 saturated heterocycles. The number of aliphatic hydroxyl groups is 1. The van der Waals surface area contributed by atoms with Crippen LogP contribution >= 0.6 is 11.6 Å². The Morgan fingerprint density at radius 2 is 2.14 bits per heavy atom. The Hall–Kier alpha value is -2.73. The van der Waals surface area contributed by atoms with E-state index in [1.165, 1.54) is 12.4 Å². The number of amidine groups is 1. The van der Waals surface area contributed by atoms with Gasteiger partial charge in [0, 0.05) is 16.7 Å². The van der Waals surface area contributed by atoms with E-state index in [2.05, 4.69) is 15.0 Å². The number of nitrogens with zero attached hydrogens (tertiary/aromatic N) is 3. The van der Waals surface area contributed by atoms with Gasteiger partial charge in [0.15, 0.2) is 0 Å². The fourth-order valence-corrected chi connectivity index (χ4v) is 1.76. The molecule has 2 aromatic rings. The van der Waals surface area contributed by atoms with Crippen molar-refractivity contribution in [2.24, 2.45) is 10.7 Å². The highest BCUT2D eigenvalue weighted by atomic mass is 35.5. The number of nitrogens with two attached hydrogens (primary N) is 1. The molecule has 7 heteroatoms. The standard InChI is InChI=1S/C14H11ClN4O2/c15-10-3-1-2-9(6-10)11-7-12(18-8-17-11)14(21)19-13(16)4-5-20/h1-8,20H,(H2,16,19,21)/b5-4-. The smallest absolute Gasteiger partial charge is 0.297 e. The van der Waals surface area contributed by atoms with E-state index in [0.717, 1.165) is 11.6 Å². The van der Waals surface area contributed by atoms with Crippen LogP contribution < -0.4 is 5.73 Å². The molecule has 1 aromatic heterocycles. The molecule has 0 aliphatic heterocycles. The number of hydrogen-bond acceptors (Lipinski definition) is 4. The minimum Gasteiger partial charge on any atom is -0.515 e. The van der Waals surface area contributed by atoms with Gasteiger partial charge < -0.3 is 10.8 Å². The van der Waals surface area contributed by atoms with Gasteiger partial charge in [-0.05, 0) is 18.2 Å². The van der Waals surface area contributed by atoms with E-state index in [9.17, 15) is 4.79 Å². The molecule has 2 rings (SSSR count). The van der Waals surface area contributed by atoms with E-state index in [0.29, 0.717) is 17.0 Å². The Labute approximate surface area is 125 Å². The summed E-state index contributed by atoms with van der Waals surface area (Å²) in [6.45, 7) is 0. The number of aliphatic hydroxyl groups excluding tert-OH is 1. The number of carbonyl (C=O) groups excluding carboxylic acids is 1. The molecule has 6 nitrogen and oxygen atoms in total. The number of aromatic nitrogens is 2. The van der Waals surface area contributed by atoms with E-state index >= 15 is 0 Å². The summed E-state index contributed by atoms with van der Waals surface area (Å²) in [6.07, 6.45) is 3.05. The van der Waals surface area contributed by atoms with Crippen molar-refractivity contribution in [1.82, 2.24) is 9.97 Å². The van der Waals surface area contributed by atoms with Crippen LogP contribution in [0.4, 0.5) is 0 Å². The maximum absolute atomic E-state index is 11.9. The maximum atomic E-state index is 11.9. The lowest BCUT2D eigenvalue weighted by atomic mass is 10.1. The largest absolute Gasteiger partial charge is 0.515 e. The summed E-state index contributed by atoms with van der Waals surface area (Å²) in [4.78, 5) is 23.4. The average molecular weight is 303 g/mol. The fourth-order valence-electron chi connectivity index (χ4n) is 1.57. The Morgan fingerprint density at radius 3 is 2.86 bits per heavy atom. The maximum Gasteiger partial charge on any atom is 0.297 e. The first kappa shape index (κ1) is 14.7. The number of benzene rings is 1. The zero-order valence-corrected chi connectivity index (χ0v) is 11.5. The lowest BCUT2D eigenvalue weighted by Gasteiger charge is -2.02. The number of amides is 1. The molecular formula is C14H11ClN4O2. The summed E-state index contributed by atoms with van der Waals surface area (Å²) in [5, 5.41) is 9.11. The molecule has 0 saturated carbocycles. The Morgan fingerprint density at radius 1 is 1.33 bits per heavy atom. The van der Waals surface area contributed by atoms with E-state index in [1.54, 1.807) is 18.2 Å². The molecule has 0 bridgehead atoms. The van der Waals surface area contributed by atoms with Crippen LogP contribution in [0.15, 0.2) is 54.0 Å². The number of hydrogen-bond donors (Lipinski definition) is 2. The molecule has 0 aliphatic carbocycles. The quantitative estimate of drug-likeness (QED) is 0.515. The van der Waals surface area contributed by atoms with Crippen LogP contribution in [0.5, 0.6) is 0 Å². The van der Waals surface area contributed by atoms with Crippen molar-refractivity contribution in [2.75, 3.05) is 0 Å². The van der Waals surface area contributed by atoms with Gasteiger partial charge >= 0.3 is 0 Å². The highest BCUT2D eigenvalue weighted by Crippen LogP contribution is 2.21. The summed E-state index contributed by atoms with van der Waals surface area (Å²) in [7, 11) is 0. The van der Waals surface area contributed by atoms with Crippen LogP contribution in [0.25, 0.3) is 11.3 Å². The van der Waals surface area contributed by atoms with Gasteiger partial charge in [0.2, 0.25) is 0 Å². The zero-order chi connectivity index (χ0) is 15.2. The minimum atomic E-state index is -0.628. The molecule has 0 aliphatic rings. The average Bonchev–Trinajstić information content (AvgIpc) is 2.47. The summed E-state index contributed by atoms with van der Waals surface area (Å²) in [6, 6.07) is 8.56. The number of rotatable bonds is 3. The van der Waals surface area contributed by atoms with Crippen molar-refractivity contribution < 1.29 is 9.90 Å². The highest BCUT2D eigenvalue weighted by molar-refractivity contribution is 6.30. The second-order valence-corrected chi connectivity index (χ2v) is 4.39. The Balaban J connectivity index is 2.34. The SMILES string of the molecule is NC(/C=C\O)=NC(=O)c1cc(-c2cccc(Cl)c2)ncn1. The van der Waals surface area contributed by atoms with Crippen LogP contribution in [0.1, 0.15) is 10.5 Å². The normalized spacial score (nSPS) is 11.8. The van der Waals surface area contributed by atoms with Gasteiger partial charge in [-0.1, -0.05) is 23.7 Å². The van der Waals surface area contributed by atoms with E-state index in [4.69, 9.17) is 22.4 Å². The van der Waals surface area contributed by atoms with Crippen molar-refractivity contribution in [1.29, 1.82) is 0 Å². The fraction of sp³-hybridized carbons (Fsp3) is 0. The van der Waals surface area contributed by atoms with Crippen LogP contribution in [0.2, 0.25) is 5.02 Å². The monoisotopic (exact) mass is 302 g/mol. The molecular weight excluding hydrogens is 292 g/mol. The summed E-state index contributed by atoms with van der Waals surface area (Å²) < 4.78 is 0. The van der Waals surface area contributed by atoms with Crippen LogP contribution in [-0.4, -0.2) is 26.8 Å². The third-order valence-corrected chi connectivity index (χ3v) is 2.72. The molecule has 0 spiro atoms. The Bertz CT molecular complexity index is 728. The second kappa shape index (κ2) is 6.62. The van der Waals surface area contributed by atoms with Gasteiger partial charge in [-0.3, -0.25) is 4.79 Å². The molecule has 0 atom stereocenters. The zero-order valence-electron chi connectivity index (χ0n) is 10.8. The van der Waals surface area contributed by atoms with Gasteiger partial charge in [0.05, 0.1) is 12.0 Å². The lowest BCUT2D eigenvalue weighted by molar-refractivity contribution is 0.0998. The topological polar surface area (TPSA) is 101 Å². The number of halogens is 1. The van der Waals surface area contributed by atoms with Gasteiger partial charge in [-0.25, -0.2) is 9.97 Å². The molecule has 0 radical (unpaired) electrons. The van der Waals surface area contributed by atoms with Gasteiger partial charge in [0.25, 0.3) is 5.91 Å². The number of carbonyl (C=O) groups is 1. The molecule has 21 heavy (non-hydrogen) atoms. The van der Waals surface area contributed by atoms with Crippen LogP contribution in [0, 0.1) is 0 Å². The molecule has 1 aromatic carbocycles. The third-order valence-electron chi connectivity index (χ3n) is 2.48. The van der Waals surface area contributed by atoms with E-state index in [1.807, 2.05) is 6.07 Å². The van der Waals surface area contributed by atoms with Crippen molar-refractivity contribution in [3.05, 3.63) is 59.7 Å². The predicted octanol–water partition coefficient (Wildman–Crippen LogP) is 2.37. The molecule has 1 heterocycles. The Kier molecular flexibility index (Phi) is 4.63. The van der Waals surface area contributed by atoms with Gasteiger partial charge in [0.1, 0.15) is 17.9 Å². The molecule has 3 N–H and O–H groups in total. The molecule has 1 amide bonds. The summed E-state index contributed by atoms with van der Waals surface area (Å²) in [5.41, 5.74) is 6.80. The minimum absolute atomic E-state index is 0.0919. The molecule has 0 unspecified atom stereocenters. The van der Waals surface area contributed by atoms with Crippen molar-refractivity contribution in [3.8, 4) is 11.3 Å². The van der Waals surface area contributed by atoms with Crippen LogP contribution in [-0.2, 0) is 0 Å². The van der Waals surface area contributed by atoms with Crippen molar-refractivity contribution >= 4 is 23.3 Å². The predicted molar refractivity (Wildman–Crippen MR) is 80.2 cm³/mol. The third kappa shape index (κ3) is 3.87. The summed E-state index contributed by atoms with van der Waals surface area (Å²) >= 11 is 5.92. The first-order chi connectivity index (χ1) is 10.1. The first-order valence-corrected chi connectivity index (χ1v) is 6.25. The van der Waals surface area contributed by atoms with Crippen molar-refractivity contribution in [3.63, 3.8) is 0 Å². The molecule has 106 valence electrons. The van der Waals surface area contributed by atoms with Crippen molar-refractivity contribution in [2.45, 2.75) is 0 Å².